The van der Waals surface area contributed by atoms with Crippen molar-refractivity contribution in [3.05, 3.63) is 48.2 Å². The second-order valence-electron chi connectivity index (χ2n) is 7.07. The molecule has 1 aliphatic rings. The van der Waals surface area contributed by atoms with Crippen LogP contribution in [0.5, 0.6) is 0 Å². The van der Waals surface area contributed by atoms with Crippen LogP contribution in [0, 0.1) is 0 Å². The molecule has 1 N–H and O–H groups in total. The van der Waals surface area contributed by atoms with E-state index < -0.39 is 10.0 Å². The second kappa shape index (κ2) is 9.60. The molecular weight excluding hydrogens is 408 g/mol. The summed E-state index contributed by atoms with van der Waals surface area (Å²) in [6.45, 7) is 1.60. The molecular formula is C20H26N4O3S2. The zero-order chi connectivity index (χ0) is 20.9. The van der Waals surface area contributed by atoms with Crippen LogP contribution in [-0.4, -0.2) is 56.6 Å². The minimum Gasteiger partial charge on any atom is -0.378 e. The van der Waals surface area contributed by atoms with E-state index in [1.165, 1.54) is 22.3 Å². The third-order valence-electron chi connectivity index (χ3n) is 4.71. The molecule has 0 spiro atoms. The molecule has 0 radical (unpaired) electrons. The number of amides is 1. The minimum absolute atomic E-state index is 0.0951. The van der Waals surface area contributed by atoms with Crippen LogP contribution < -0.4 is 10.2 Å². The normalized spacial score (nSPS) is 14.7. The molecule has 0 aliphatic carbocycles. The lowest BCUT2D eigenvalue weighted by Gasteiger charge is -2.15. The highest BCUT2D eigenvalue weighted by atomic mass is 32.2. The number of benzene rings is 1. The Morgan fingerprint density at radius 1 is 1.14 bits per heavy atom. The van der Waals surface area contributed by atoms with Gasteiger partial charge in [-0.3, -0.25) is 4.79 Å². The molecule has 29 heavy (non-hydrogen) atoms. The van der Waals surface area contributed by atoms with Crippen LogP contribution in [0.1, 0.15) is 18.4 Å². The summed E-state index contributed by atoms with van der Waals surface area (Å²) in [5, 5.41) is 3.51. The first kappa shape index (κ1) is 21.6. The number of nitrogens with zero attached hydrogens (tertiary/aromatic N) is 3. The number of thioether (sulfide) groups is 1. The molecule has 0 bridgehead atoms. The average molecular weight is 435 g/mol. The molecule has 7 nitrogen and oxygen atoms in total. The van der Waals surface area contributed by atoms with Gasteiger partial charge < -0.3 is 10.2 Å². The Balaban J connectivity index is 1.47. The standard InChI is InChI=1S/C20H26N4O3S2/c1-23(2)17-7-5-16(6-8-17)13-21-19(25)15-28-20-10-9-18(14-22-20)29(26,27)24-11-3-4-12-24/h5-10,14H,3-4,11-13,15H2,1-2H3,(H,21,25). The zero-order valence-electron chi connectivity index (χ0n) is 16.7. The van der Waals surface area contributed by atoms with Gasteiger partial charge in [0.25, 0.3) is 0 Å². The first-order valence-electron chi connectivity index (χ1n) is 9.48. The molecule has 0 unspecified atom stereocenters. The van der Waals surface area contributed by atoms with Gasteiger partial charge in [-0.25, -0.2) is 13.4 Å². The summed E-state index contributed by atoms with van der Waals surface area (Å²) in [4.78, 5) is 18.5. The lowest BCUT2D eigenvalue weighted by atomic mass is 10.2. The SMILES string of the molecule is CN(C)c1ccc(CNC(=O)CSc2ccc(S(=O)(=O)N3CCCC3)cn2)cc1. The fraction of sp³-hybridized carbons (Fsp3) is 0.400. The molecule has 0 atom stereocenters. The molecule has 1 aromatic carbocycles. The number of rotatable bonds is 8. The van der Waals surface area contributed by atoms with Crippen LogP contribution in [0.15, 0.2) is 52.5 Å². The summed E-state index contributed by atoms with van der Waals surface area (Å²) >= 11 is 1.28. The molecule has 2 aromatic rings. The quantitative estimate of drug-likeness (QED) is 0.642. The van der Waals surface area contributed by atoms with Crippen molar-refractivity contribution in [1.82, 2.24) is 14.6 Å². The number of anilines is 1. The largest absolute Gasteiger partial charge is 0.378 e. The predicted molar refractivity (Wildman–Crippen MR) is 116 cm³/mol. The first-order valence-corrected chi connectivity index (χ1v) is 11.9. The van der Waals surface area contributed by atoms with Crippen LogP contribution in [0.25, 0.3) is 0 Å². The lowest BCUT2D eigenvalue weighted by Crippen LogP contribution is -2.27. The van der Waals surface area contributed by atoms with Crippen molar-refractivity contribution in [3.63, 3.8) is 0 Å². The smallest absolute Gasteiger partial charge is 0.244 e. The van der Waals surface area contributed by atoms with E-state index >= 15 is 0 Å². The fourth-order valence-corrected chi connectivity index (χ4v) is 5.12. The van der Waals surface area contributed by atoms with E-state index in [9.17, 15) is 13.2 Å². The van der Waals surface area contributed by atoms with E-state index in [0.717, 1.165) is 24.1 Å². The van der Waals surface area contributed by atoms with E-state index in [4.69, 9.17) is 0 Å². The Morgan fingerprint density at radius 2 is 1.83 bits per heavy atom. The van der Waals surface area contributed by atoms with Gasteiger partial charge in [0.1, 0.15) is 4.90 Å². The molecule has 9 heteroatoms. The van der Waals surface area contributed by atoms with Gasteiger partial charge in [0.05, 0.1) is 10.8 Å². The maximum atomic E-state index is 12.5. The summed E-state index contributed by atoms with van der Waals surface area (Å²) in [7, 11) is 0.510. The number of sulfonamides is 1. The lowest BCUT2D eigenvalue weighted by molar-refractivity contribution is -0.118. The van der Waals surface area contributed by atoms with Gasteiger partial charge >= 0.3 is 0 Å². The molecule has 2 heterocycles. The van der Waals surface area contributed by atoms with Gasteiger partial charge in [0.15, 0.2) is 0 Å². The number of carbonyl (C=O) groups is 1. The van der Waals surface area contributed by atoms with Crippen molar-refractivity contribution >= 4 is 33.4 Å². The molecule has 1 amide bonds. The predicted octanol–water partition coefficient (Wildman–Crippen LogP) is 2.34. The molecule has 3 rings (SSSR count). The van der Waals surface area contributed by atoms with Gasteiger partial charge in [-0.1, -0.05) is 23.9 Å². The third kappa shape index (κ3) is 5.71. The highest BCUT2D eigenvalue weighted by Crippen LogP contribution is 2.22. The van der Waals surface area contributed by atoms with Crippen LogP contribution in [-0.2, 0) is 21.4 Å². The monoisotopic (exact) mass is 434 g/mol. The van der Waals surface area contributed by atoms with E-state index in [0.29, 0.717) is 24.7 Å². The molecule has 1 saturated heterocycles. The van der Waals surface area contributed by atoms with E-state index in [-0.39, 0.29) is 16.6 Å². The fourth-order valence-electron chi connectivity index (χ4n) is 2.99. The van der Waals surface area contributed by atoms with Gasteiger partial charge in [-0.05, 0) is 42.7 Å². The van der Waals surface area contributed by atoms with Crippen molar-refractivity contribution in [2.45, 2.75) is 29.3 Å². The molecule has 1 fully saturated rings. The van der Waals surface area contributed by atoms with Gasteiger partial charge in [-0.15, -0.1) is 0 Å². The van der Waals surface area contributed by atoms with Gasteiger partial charge in [0.2, 0.25) is 15.9 Å². The topological polar surface area (TPSA) is 82.6 Å². The molecule has 0 saturated carbocycles. The Hall–Kier alpha value is -2.10. The number of hydrogen-bond acceptors (Lipinski definition) is 6. The number of pyridine rings is 1. The Kier molecular flexibility index (Phi) is 7.15. The van der Waals surface area contributed by atoms with Crippen molar-refractivity contribution in [1.29, 1.82) is 0 Å². The van der Waals surface area contributed by atoms with Crippen LogP contribution >= 0.6 is 11.8 Å². The summed E-state index contributed by atoms with van der Waals surface area (Å²) in [6, 6.07) is 11.2. The summed E-state index contributed by atoms with van der Waals surface area (Å²) in [5.74, 6) is 0.128. The van der Waals surface area contributed by atoms with Crippen molar-refractivity contribution in [3.8, 4) is 0 Å². The summed E-state index contributed by atoms with van der Waals surface area (Å²) in [5.41, 5.74) is 2.14. The maximum absolute atomic E-state index is 12.5. The van der Waals surface area contributed by atoms with Crippen molar-refractivity contribution in [2.24, 2.45) is 0 Å². The Labute approximate surface area is 176 Å². The molecule has 1 aliphatic heterocycles. The van der Waals surface area contributed by atoms with E-state index in [1.807, 2.05) is 43.3 Å². The molecule has 156 valence electrons. The van der Waals surface area contributed by atoms with Crippen LogP contribution in [0.3, 0.4) is 0 Å². The second-order valence-corrected chi connectivity index (χ2v) is 10.0. The van der Waals surface area contributed by atoms with E-state index in [2.05, 4.69) is 10.3 Å². The number of nitrogens with one attached hydrogen (secondary N) is 1. The number of carbonyl (C=O) groups excluding carboxylic acids is 1. The Bertz CT molecular complexity index is 923. The average Bonchev–Trinajstić information content (AvgIpc) is 3.27. The maximum Gasteiger partial charge on any atom is 0.244 e. The van der Waals surface area contributed by atoms with Gasteiger partial charge in [-0.2, -0.15) is 4.31 Å². The third-order valence-corrected chi connectivity index (χ3v) is 7.53. The van der Waals surface area contributed by atoms with Gasteiger partial charge in [0, 0.05) is 45.6 Å². The summed E-state index contributed by atoms with van der Waals surface area (Å²) in [6.07, 6.45) is 3.17. The minimum atomic E-state index is -3.46. The number of hydrogen-bond donors (Lipinski definition) is 1. The molecule has 1 aromatic heterocycles. The Morgan fingerprint density at radius 3 is 2.41 bits per heavy atom. The summed E-state index contributed by atoms with van der Waals surface area (Å²) < 4.78 is 26.5. The van der Waals surface area contributed by atoms with Crippen LogP contribution in [0.2, 0.25) is 0 Å². The van der Waals surface area contributed by atoms with Crippen molar-refractivity contribution < 1.29 is 13.2 Å². The van der Waals surface area contributed by atoms with Crippen LogP contribution in [0.4, 0.5) is 5.69 Å². The first-order chi connectivity index (χ1) is 13.9. The van der Waals surface area contributed by atoms with Crippen molar-refractivity contribution in [2.75, 3.05) is 37.8 Å². The highest BCUT2D eigenvalue weighted by molar-refractivity contribution is 7.99. The zero-order valence-corrected chi connectivity index (χ0v) is 18.3. The van der Waals surface area contributed by atoms with E-state index in [1.54, 1.807) is 12.1 Å². The highest BCUT2D eigenvalue weighted by Gasteiger charge is 2.27. The number of aromatic nitrogens is 1.